The second-order valence-corrected chi connectivity index (χ2v) is 4.95. The van der Waals surface area contributed by atoms with Crippen LogP contribution in [0.4, 0.5) is 0 Å². The molecule has 1 rings (SSSR count). The lowest BCUT2D eigenvalue weighted by Gasteiger charge is -2.06. The molecule has 0 aliphatic heterocycles. The fraction of sp³-hybridized carbons (Fsp3) is 0.300. The molecule has 3 N–H and O–H groups in total. The average Bonchev–Trinajstić information content (AvgIpc) is 2.25. The minimum absolute atomic E-state index is 0.0157. The Labute approximate surface area is 93.7 Å². The fourth-order valence-corrected chi connectivity index (χ4v) is 1.67. The van der Waals surface area contributed by atoms with Crippen LogP contribution in [-0.4, -0.2) is 15.7 Å². The summed E-state index contributed by atoms with van der Waals surface area (Å²) >= 11 is 0. The van der Waals surface area contributed by atoms with Crippen molar-refractivity contribution < 1.29 is 19.1 Å². The summed E-state index contributed by atoms with van der Waals surface area (Å²) in [6, 6.07) is 5.91. The predicted molar refractivity (Wildman–Crippen MR) is 60.3 cm³/mol. The Hall–Kier alpha value is -1.16. The quantitative estimate of drug-likeness (QED) is 0.673. The van der Waals surface area contributed by atoms with Gasteiger partial charge in [0.05, 0.1) is 5.30 Å². The zero-order chi connectivity index (χ0) is 12.2. The van der Waals surface area contributed by atoms with Gasteiger partial charge in [-0.05, 0) is 17.7 Å². The van der Waals surface area contributed by atoms with E-state index in [1.807, 2.05) is 0 Å². The molecule has 1 amide bonds. The van der Waals surface area contributed by atoms with Gasteiger partial charge in [-0.25, -0.2) is 0 Å². The van der Waals surface area contributed by atoms with Crippen LogP contribution in [0.1, 0.15) is 18.9 Å². The number of amides is 1. The van der Waals surface area contributed by atoms with E-state index in [1.165, 1.54) is 12.1 Å². The van der Waals surface area contributed by atoms with E-state index in [4.69, 9.17) is 9.79 Å². The first-order chi connectivity index (χ1) is 7.43. The Bertz CT molecular complexity index is 409. The maximum atomic E-state index is 11.0. The van der Waals surface area contributed by atoms with E-state index in [0.29, 0.717) is 13.0 Å². The zero-order valence-corrected chi connectivity index (χ0v) is 9.78. The van der Waals surface area contributed by atoms with Gasteiger partial charge in [0, 0.05) is 13.0 Å². The molecule has 0 heterocycles. The van der Waals surface area contributed by atoms with E-state index >= 15 is 0 Å². The Morgan fingerprint density at radius 3 is 2.31 bits per heavy atom. The van der Waals surface area contributed by atoms with E-state index in [-0.39, 0.29) is 11.2 Å². The lowest BCUT2D eigenvalue weighted by molar-refractivity contribution is -0.120. The second kappa shape index (κ2) is 5.25. The van der Waals surface area contributed by atoms with E-state index < -0.39 is 7.60 Å². The van der Waals surface area contributed by atoms with Crippen LogP contribution in [0.2, 0.25) is 0 Å². The highest BCUT2D eigenvalue weighted by molar-refractivity contribution is 7.60. The molecule has 0 atom stereocenters. The van der Waals surface area contributed by atoms with E-state index in [1.54, 1.807) is 19.1 Å². The molecular formula is C10H14NO4P. The van der Waals surface area contributed by atoms with Crippen molar-refractivity contribution in [3.63, 3.8) is 0 Å². The lowest BCUT2D eigenvalue weighted by Crippen LogP contribution is -2.21. The van der Waals surface area contributed by atoms with Crippen LogP contribution in [0.3, 0.4) is 0 Å². The maximum absolute atomic E-state index is 11.0. The topological polar surface area (TPSA) is 86.6 Å². The molecule has 6 heteroatoms. The van der Waals surface area contributed by atoms with Crippen molar-refractivity contribution in [2.24, 2.45) is 0 Å². The van der Waals surface area contributed by atoms with Crippen LogP contribution >= 0.6 is 7.60 Å². The van der Waals surface area contributed by atoms with Crippen molar-refractivity contribution in [3.05, 3.63) is 29.8 Å². The van der Waals surface area contributed by atoms with Gasteiger partial charge < -0.3 is 15.1 Å². The third kappa shape index (κ3) is 3.77. The maximum Gasteiger partial charge on any atom is 0.356 e. The highest BCUT2D eigenvalue weighted by atomic mass is 31.2. The van der Waals surface area contributed by atoms with Gasteiger partial charge in [-0.2, -0.15) is 0 Å². The molecule has 0 spiro atoms. The summed E-state index contributed by atoms with van der Waals surface area (Å²) in [5, 5.41) is 2.66. The van der Waals surface area contributed by atoms with Crippen molar-refractivity contribution in [2.75, 3.05) is 0 Å². The SMILES string of the molecule is CCC(=O)NCc1ccc(P(=O)(O)O)cc1. The monoisotopic (exact) mass is 243 g/mol. The van der Waals surface area contributed by atoms with Crippen LogP contribution < -0.4 is 10.6 Å². The summed E-state index contributed by atoms with van der Waals surface area (Å²) in [5.74, 6) is -0.0564. The van der Waals surface area contributed by atoms with Crippen molar-refractivity contribution in [1.29, 1.82) is 0 Å². The molecule has 0 bridgehead atoms. The molecule has 0 aliphatic carbocycles. The standard InChI is InChI=1S/C10H14NO4P/c1-2-10(12)11-7-8-3-5-9(6-4-8)16(13,14)15/h3-6H,2,7H2,1H3,(H,11,12)(H2,13,14,15). The third-order valence-electron chi connectivity index (χ3n) is 2.08. The van der Waals surface area contributed by atoms with Gasteiger partial charge in [-0.1, -0.05) is 19.1 Å². The third-order valence-corrected chi connectivity index (χ3v) is 3.05. The fourth-order valence-electron chi connectivity index (χ4n) is 1.13. The van der Waals surface area contributed by atoms with Gasteiger partial charge >= 0.3 is 7.60 Å². The molecular weight excluding hydrogens is 229 g/mol. The number of benzene rings is 1. The number of hydrogen-bond donors (Lipinski definition) is 3. The Kier molecular flexibility index (Phi) is 4.24. The molecule has 0 aliphatic rings. The minimum Gasteiger partial charge on any atom is -0.352 e. The molecule has 0 radical (unpaired) electrons. The predicted octanol–water partition coefficient (Wildman–Crippen LogP) is 0.516. The number of carbonyl (C=O) groups is 1. The summed E-state index contributed by atoms with van der Waals surface area (Å²) in [7, 11) is -4.17. The van der Waals surface area contributed by atoms with Gasteiger partial charge in [0.25, 0.3) is 0 Å². The molecule has 0 unspecified atom stereocenters. The smallest absolute Gasteiger partial charge is 0.352 e. The highest BCUT2D eigenvalue weighted by Gasteiger charge is 2.15. The minimum atomic E-state index is -4.17. The Morgan fingerprint density at radius 2 is 1.88 bits per heavy atom. The van der Waals surface area contributed by atoms with Crippen molar-refractivity contribution in [2.45, 2.75) is 19.9 Å². The largest absolute Gasteiger partial charge is 0.356 e. The summed E-state index contributed by atoms with van der Waals surface area (Å²) in [6.45, 7) is 2.13. The van der Waals surface area contributed by atoms with Gasteiger partial charge in [-0.15, -0.1) is 0 Å². The summed E-state index contributed by atoms with van der Waals surface area (Å²) < 4.78 is 10.9. The van der Waals surface area contributed by atoms with Gasteiger partial charge in [0.1, 0.15) is 0 Å². The second-order valence-electron chi connectivity index (χ2n) is 3.34. The first-order valence-electron chi connectivity index (χ1n) is 4.85. The molecule has 0 aromatic heterocycles. The molecule has 0 saturated carbocycles. The number of rotatable bonds is 4. The number of hydrogen-bond acceptors (Lipinski definition) is 2. The Morgan fingerprint density at radius 1 is 1.31 bits per heavy atom. The summed E-state index contributed by atoms with van der Waals surface area (Å²) in [6.07, 6.45) is 0.417. The summed E-state index contributed by atoms with van der Waals surface area (Å²) in [5.41, 5.74) is 0.805. The van der Waals surface area contributed by atoms with Crippen LogP contribution in [-0.2, 0) is 15.9 Å². The van der Waals surface area contributed by atoms with Gasteiger partial charge in [0.2, 0.25) is 5.91 Å². The van der Waals surface area contributed by atoms with Crippen LogP contribution in [0.5, 0.6) is 0 Å². The first-order valence-corrected chi connectivity index (χ1v) is 6.46. The lowest BCUT2D eigenvalue weighted by atomic mass is 10.2. The number of nitrogens with one attached hydrogen (secondary N) is 1. The molecule has 1 aromatic rings. The molecule has 16 heavy (non-hydrogen) atoms. The van der Waals surface area contributed by atoms with Crippen LogP contribution in [0, 0.1) is 0 Å². The van der Waals surface area contributed by atoms with Crippen molar-refractivity contribution in [3.8, 4) is 0 Å². The molecule has 88 valence electrons. The molecule has 5 nitrogen and oxygen atoms in total. The average molecular weight is 243 g/mol. The first kappa shape index (κ1) is 12.9. The molecule has 0 saturated heterocycles. The van der Waals surface area contributed by atoms with E-state index in [0.717, 1.165) is 5.56 Å². The van der Waals surface area contributed by atoms with Gasteiger partial charge in [-0.3, -0.25) is 9.36 Å². The zero-order valence-electron chi connectivity index (χ0n) is 8.88. The molecule has 1 aromatic carbocycles. The summed E-state index contributed by atoms with van der Waals surface area (Å²) in [4.78, 5) is 28.7. The van der Waals surface area contributed by atoms with Crippen molar-refractivity contribution >= 4 is 18.8 Å². The van der Waals surface area contributed by atoms with Crippen LogP contribution in [0.15, 0.2) is 24.3 Å². The normalized spacial score (nSPS) is 11.2. The van der Waals surface area contributed by atoms with E-state index in [9.17, 15) is 9.36 Å². The Balaban J connectivity index is 2.65. The molecule has 0 fully saturated rings. The van der Waals surface area contributed by atoms with Gasteiger partial charge in [0.15, 0.2) is 0 Å². The van der Waals surface area contributed by atoms with E-state index in [2.05, 4.69) is 5.32 Å². The number of carbonyl (C=O) groups excluding carboxylic acids is 1. The highest BCUT2D eigenvalue weighted by Crippen LogP contribution is 2.32. The van der Waals surface area contributed by atoms with Crippen molar-refractivity contribution in [1.82, 2.24) is 5.32 Å². The van der Waals surface area contributed by atoms with Crippen LogP contribution in [0.25, 0.3) is 0 Å².